The normalized spacial score (nSPS) is 24.3. The number of rotatable bonds is 4. The van der Waals surface area contributed by atoms with Gasteiger partial charge >= 0.3 is 0 Å². The fourth-order valence-corrected chi connectivity index (χ4v) is 4.00. The van der Waals surface area contributed by atoms with E-state index in [1.807, 2.05) is 11.3 Å². The fourth-order valence-electron chi connectivity index (χ4n) is 2.92. The van der Waals surface area contributed by atoms with Gasteiger partial charge in [0, 0.05) is 37.1 Å². The number of nitrogens with two attached hydrogens (primary N) is 1. The summed E-state index contributed by atoms with van der Waals surface area (Å²) in [6.07, 6.45) is 0. The zero-order chi connectivity index (χ0) is 13.1. The molecule has 0 aromatic carbocycles. The van der Waals surface area contributed by atoms with Crippen molar-refractivity contribution in [2.75, 3.05) is 32.7 Å². The number of piperazine rings is 1. The van der Waals surface area contributed by atoms with Crippen molar-refractivity contribution in [1.82, 2.24) is 9.80 Å². The highest BCUT2D eigenvalue weighted by molar-refractivity contribution is 7.10. The molecule has 18 heavy (non-hydrogen) atoms. The summed E-state index contributed by atoms with van der Waals surface area (Å²) in [6.45, 7) is 12.1. The van der Waals surface area contributed by atoms with Crippen molar-refractivity contribution < 1.29 is 0 Å². The quantitative estimate of drug-likeness (QED) is 0.906. The molecule has 1 saturated heterocycles. The van der Waals surface area contributed by atoms with Gasteiger partial charge in [-0.15, -0.1) is 11.3 Å². The molecule has 1 aliphatic rings. The van der Waals surface area contributed by atoms with Crippen LogP contribution in [0.25, 0.3) is 0 Å². The second-order valence-electron chi connectivity index (χ2n) is 5.19. The van der Waals surface area contributed by atoms with Crippen molar-refractivity contribution in [3.8, 4) is 0 Å². The first-order valence-electron chi connectivity index (χ1n) is 6.89. The number of nitrogens with zero attached hydrogens (tertiary/aromatic N) is 2. The van der Waals surface area contributed by atoms with Crippen LogP contribution < -0.4 is 5.73 Å². The maximum absolute atomic E-state index is 6.03. The summed E-state index contributed by atoms with van der Waals surface area (Å²) in [5, 5.41) is 2.18. The van der Waals surface area contributed by atoms with E-state index >= 15 is 0 Å². The van der Waals surface area contributed by atoms with E-state index in [4.69, 9.17) is 5.73 Å². The van der Waals surface area contributed by atoms with Gasteiger partial charge in [-0.05, 0) is 37.4 Å². The number of hydrogen-bond donors (Lipinski definition) is 1. The monoisotopic (exact) mass is 267 g/mol. The van der Waals surface area contributed by atoms with E-state index in [2.05, 4.69) is 42.0 Å². The van der Waals surface area contributed by atoms with Gasteiger partial charge < -0.3 is 5.73 Å². The van der Waals surface area contributed by atoms with E-state index < -0.39 is 0 Å². The second kappa shape index (κ2) is 6.15. The van der Waals surface area contributed by atoms with Crippen LogP contribution in [-0.4, -0.2) is 48.6 Å². The lowest BCUT2D eigenvalue weighted by Crippen LogP contribution is -2.53. The molecular weight excluding hydrogens is 242 g/mol. The number of likely N-dealkylation sites (N-methyl/N-ethyl adjacent to an activating group) is 1. The largest absolute Gasteiger partial charge is 0.329 e. The highest BCUT2D eigenvalue weighted by atomic mass is 32.1. The number of aryl methyl sites for hydroxylation is 1. The van der Waals surface area contributed by atoms with Gasteiger partial charge in [0.2, 0.25) is 0 Å². The minimum Gasteiger partial charge on any atom is -0.329 e. The average molecular weight is 267 g/mol. The van der Waals surface area contributed by atoms with Crippen LogP contribution in [0.4, 0.5) is 0 Å². The molecular formula is C14H25N3S. The van der Waals surface area contributed by atoms with Crippen LogP contribution in [-0.2, 0) is 0 Å². The Morgan fingerprint density at radius 2 is 2.28 bits per heavy atom. The molecule has 1 aromatic heterocycles. The third-order valence-corrected chi connectivity index (χ3v) is 5.19. The molecule has 0 radical (unpaired) electrons. The zero-order valence-electron chi connectivity index (χ0n) is 11.7. The van der Waals surface area contributed by atoms with Crippen molar-refractivity contribution in [3.05, 3.63) is 21.9 Å². The smallest absolute Gasteiger partial charge is 0.0567 e. The van der Waals surface area contributed by atoms with Gasteiger partial charge in [-0.2, -0.15) is 0 Å². The average Bonchev–Trinajstić information content (AvgIpc) is 2.77. The van der Waals surface area contributed by atoms with Gasteiger partial charge in [-0.1, -0.05) is 6.92 Å². The van der Waals surface area contributed by atoms with Crippen LogP contribution >= 0.6 is 11.3 Å². The van der Waals surface area contributed by atoms with E-state index in [1.54, 1.807) is 0 Å². The Kier molecular flexibility index (Phi) is 4.78. The van der Waals surface area contributed by atoms with Gasteiger partial charge in [0.15, 0.2) is 0 Å². The van der Waals surface area contributed by atoms with E-state index in [0.717, 1.165) is 26.2 Å². The lowest BCUT2D eigenvalue weighted by molar-refractivity contribution is 0.0615. The summed E-state index contributed by atoms with van der Waals surface area (Å²) in [5.41, 5.74) is 7.42. The molecule has 2 heterocycles. The Balaban J connectivity index is 2.08. The van der Waals surface area contributed by atoms with Crippen LogP contribution in [0.1, 0.15) is 30.3 Å². The summed E-state index contributed by atoms with van der Waals surface area (Å²) in [5.74, 6) is 0. The molecule has 1 aromatic rings. The molecule has 2 rings (SSSR count). The molecule has 2 unspecified atom stereocenters. The van der Waals surface area contributed by atoms with Crippen molar-refractivity contribution in [2.24, 2.45) is 5.73 Å². The maximum Gasteiger partial charge on any atom is 0.0567 e. The summed E-state index contributed by atoms with van der Waals surface area (Å²) < 4.78 is 0. The molecule has 0 saturated carbocycles. The molecule has 0 spiro atoms. The summed E-state index contributed by atoms with van der Waals surface area (Å²) in [4.78, 5) is 6.57. The third-order valence-electron chi connectivity index (χ3n) is 4.07. The van der Waals surface area contributed by atoms with Crippen LogP contribution in [0.5, 0.6) is 0 Å². The zero-order valence-corrected chi connectivity index (χ0v) is 12.5. The third kappa shape index (κ3) is 2.77. The van der Waals surface area contributed by atoms with Crippen molar-refractivity contribution in [2.45, 2.75) is 32.9 Å². The molecule has 0 bridgehead atoms. The van der Waals surface area contributed by atoms with Crippen molar-refractivity contribution >= 4 is 11.3 Å². The topological polar surface area (TPSA) is 32.5 Å². The first kappa shape index (κ1) is 14.0. The van der Waals surface area contributed by atoms with Crippen molar-refractivity contribution in [3.63, 3.8) is 0 Å². The van der Waals surface area contributed by atoms with E-state index in [0.29, 0.717) is 12.1 Å². The Labute approximate surface area is 115 Å². The summed E-state index contributed by atoms with van der Waals surface area (Å²) in [6, 6.07) is 3.25. The van der Waals surface area contributed by atoms with E-state index in [1.165, 1.54) is 17.0 Å². The van der Waals surface area contributed by atoms with Crippen LogP contribution in [0.3, 0.4) is 0 Å². The highest BCUT2D eigenvalue weighted by Crippen LogP contribution is 2.29. The summed E-state index contributed by atoms with van der Waals surface area (Å²) in [7, 11) is 0. The molecule has 4 heteroatoms. The standard InChI is InChI=1S/C14H25N3S/c1-4-16-6-7-17(10-12(16)3)13(9-15)14-11(2)5-8-18-14/h5,8,12-13H,4,6-7,9-10,15H2,1-3H3. The Morgan fingerprint density at radius 3 is 2.78 bits per heavy atom. The maximum atomic E-state index is 6.03. The Bertz CT molecular complexity index is 377. The van der Waals surface area contributed by atoms with Crippen LogP contribution in [0, 0.1) is 6.92 Å². The fraction of sp³-hybridized carbons (Fsp3) is 0.714. The van der Waals surface area contributed by atoms with Gasteiger partial charge in [0.05, 0.1) is 6.04 Å². The molecule has 3 nitrogen and oxygen atoms in total. The molecule has 0 amide bonds. The molecule has 1 fully saturated rings. The molecule has 102 valence electrons. The Morgan fingerprint density at radius 1 is 1.50 bits per heavy atom. The molecule has 2 atom stereocenters. The van der Waals surface area contributed by atoms with Gasteiger partial charge in [0.25, 0.3) is 0 Å². The first-order valence-corrected chi connectivity index (χ1v) is 7.77. The Hall–Kier alpha value is -0.420. The molecule has 0 aliphatic carbocycles. The van der Waals surface area contributed by atoms with Gasteiger partial charge in [0.1, 0.15) is 0 Å². The van der Waals surface area contributed by atoms with Gasteiger partial charge in [-0.3, -0.25) is 9.80 Å². The van der Waals surface area contributed by atoms with Crippen molar-refractivity contribution in [1.29, 1.82) is 0 Å². The SMILES string of the molecule is CCN1CCN(C(CN)c2sccc2C)CC1C. The highest BCUT2D eigenvalue weighted by Gasteiger charge is 2.28. The lowest BCUT2D eigenvalue weighted by atomic mass is 10.1. The van der Waals surface area contributed by atoms with E-state index in [9.17, 15) is 0 Å². The van der Waals surface area contributed by atoms with Crippen LogP contribution in [0.15, 0.2) is 11.4 Å². The molecule has 1 aliphatic heterocycles. The second-order valence-corrected chi connectivity index (χ2v) is 6.14. The van der Waals surface area contributed by atoms with Crippen LogP contribution in [0.2, 0.25) is 0 Å². The first-order chi connectivity index (χ1) is 8.67. The summed E-state index contributed by atoms with van der Waals surface area (Å²) >= 11 is 1.85. The van der Waals surface area contributed by atoms with Gasteiger partial charge in [-0.25, -0.2) is 0 Å². The minimum atomic E-state index is 0.409. The van der Waals surface area contributed by atoms with E-state index in [-0.39, 0.29) is 0 Å². The number of thiophene rings is 1. The predicted molar refractivity (Wildman–Crippen MR) is 79.1 cm³/mol. The lowest BCUT2D eigenvalue weighted by Gasteiger charge is -2.42. The predicted octanol–water partition coefficient (Wildman–Crippen LogP) is 2.08. The minimum absolute atomic E-state index is 0.409. The molecule has 2 N–H and O–H groups in total. The number of hydrogen-bond acceptors (Lipinski definition) is 4.